The number of unbranched alkanes of at least 4 members (excludes halogenated alkanes) is 8. The van der Waals surface area contributed by atoms with Gasteiger partial charge in [0.05, 0.1) is 13.2 Å². The Morgan fingerprint density at radius 1 is 0.852 bits per heavy atom. The minimum absolute atomic E-state index is 0.655. The second-order valence-corrected chi connectivity index (χ2v) is 6.90. The molecular weight excluding hydrogens is 340 g/mol. The number of ether oxygens (including phenoxy) is 2. The quantitative estimate of drug-likeness (QED) is 0.265. The number of hydrogen-bond donors (Lipinski definition) is 1. The summed E-state index contributed by atoms with van der Waals surface area (Å²) in [6, 6.07) is 5.60. The van der Waals surface area contributed by atoms with Crippen molar-refractivity contribution in [1.29, 1.82) is 0 Å². The fraction of sp³-hybridized carbons (Fsp3) is 0.609. The molecule has 4 nitrogen and oxygen atoms in total. The monoisotopic (exact) mass is 376 g/mol. The number of carbonyl (C=O) groups is 1. The highest BCUT2D eigenvalue weighted by Crippen LogP contribution is 2.29. The molecular formula is C23H36O4. The van der Waals surface area contributed by atoms with E-state index in [4.69, 9.17) is 14.6 Å². The van der Waals surface area contributed by atoms with E-state index in [2.05, 4.69) is 13.8 Å². The summed E-state index contributed by atoms with van der Waals surface area (Å²) in [6.07, 6.45) is 14.6. The molecule has 0 aliphatic carbocycles. The Morgan fingerprint density at radius 3 is 1.96 bits per heavy atom. The first kappa shape index (κ1) is 23.1. The first-order valence-corrected chi connectivity index (χ1v) is 10.5. The van der Waals surface area contributed by atoms with Crippen LogP contribution in [0.2, 0.25) is 0 Å². The van der Waals surface area contributed by atoms with Crippen molar-refractivity contribution in [2.45, 2.75) is 78.1 Å². The molecule has 0 radical (unpaired) electrons. The van der Waals surface area contributed by atoms with E-state index in [1.807, 2.05) is 18.2 Å². The molecule has 0 aliphatic heterocycles. The molecule has 1 aromatic rings. The van der Waals surface area contributed by atoms with Gasteiger partial charge in [-0.05, 0) is 36.6 Å². The molecule has 0 unspecified atom stereocenters. The highest BCUT2D eigenvalue weighted by atomic mass is 16.5. The number of carboxylic acids is 1. The fourth-order valence-electron chi connectivity index (χ4n) is 2.80. The Bertz CT molecular complexity index is 551. The summed E-state index contributed by atoms with van der Waals surface area (Å²) in [7, 11) is 0. The molecule has 0 atom stereocenters. The molecule has 0 spiro atoms. The number of aliphatic carboxylic acids is 1. The van der Waals surface area contributed by atoms with Gasteiger partial charge in [-0.15, -0.1) is 0 Å². The van der Waals surface area contributed by atoms with Crippen LogP contribution in [0.5, 0.6) is 11.5 Å². The molecule has 0 fully saturated rings. The van der Waals surface area contributed by atoms with Gasteiger partial charge >= 0.3 is 5.97 Å². The van der Waals surface area contributed by atoms with Crippen molar-refractivity contribution in [2.24, 2.45) is 0 Å². The second kappa shape index (κ2) is 15.1. The van der Waals surface area contributed by atoms with E-state index in [1.165, 1.54) is 51.4 Å². The van der Waals surface area contributed by atoms with E-state index in [0.29, 0.717) is 19.0 Å². The lowest BCUT2D eigenvalue weighted by atomic mass is 10.1. The van der Waals surface area contributed by atoms with Crippen LogP contribution in [0.4, 0.5) is 0 Å². The van der Waals surface area contributed by atoms with Crippen LogP contribution in [0.1, 0.15) is 83.6 Å². The first-order chi connectivity index (χ1) is 13.2. The summed E-state index contributed by atoms with van der Waals surface area (Å²) in [4.78, 5) is 10.7. The molecule has 0 saturated heterocycles. The van der Waals surface area contributed by atoms with Crippen LogP contribution < -0.4 is 9.47 Å². The van der Waals surface area contributed by atoms with E-state index in [1.54, 1.807) is 6.08 Å². The summed E-state index contributed by atoms with van der Waals surface area (Å²) in [5, 5.41) is 8.80. The van der Waals surface area contributed by atoms with E-state index < -0.39 is 5.97 Å². The molecule has 0 amide bonds. The Labute approximate surface area is 164 Å². The zero-order chi connectivity index (χ0) is 19.7. The zero-order valence-electron chi connectivity index (χ0n) is 17.0. The molecule has 1 N–H and O–H groups in total. The number of carboxylic acid groups (broad SMARTS) is 1. The van der Waals surface area contributed by atoms with Gasteiger partial charge in [0.15, 0.2) is 11.5 Å². The summed E-state index contributed by atoms with van der Waals surface area (Å²) in [5.41, 5.74) is 0.800. The number of hydrogen-bond acceptors (Lipinski definition) is 3. The lowest BCUT2D eigenvalue weighted by Gasteiger charge is -2.14. The summed E-state index contributed by atoms with van der Waals surface area (Å²) in [6.45, 7) is 5.75. The van der Waals surface area contributed by atoms with Gasteiger partial charge in [0, 0.05) is 6.08 Å². The van der Waals surface area contributed by atoms with Crippen LogP contribution in [0, 0.1) is 0 Å². The van der Waals surface area contributed by atoms with E-state index >= 15 is 0 Å². The molecule has 0 aliphatic rings. The minimum Gasteiger partial charge on any atom is -0.490 e. The topological polar surface area (TPSA) is 55.8 Å². The van der Waals surface area contributed by atoms with Gasteiger partial charge in [-0.1, -0.05) is 71.3 Å². The van der Waals surface area contributed by atoms with Crippen LogP contribution in [0.3, 0.4) is 0 Å². The summed E-state index contributed by atoms with van der Waals surface area (Å²) in [5.74, 6) is 0.485. The van der Waals surface area contributed by atoms with Gasteiger partial charge in [0.1, 0.15) is 0 Å². The van der Waals surface area contributed by atoms with Crippen molar-refractivity contribution in [3.63, 3.8) is 0 Å². The third kappa shape index (κ3) is 11.4. The Balaban J connectivity index is 2.59. The van der Waals surface area contributed by atoms with Crippen LogP contribution in [-0.2, 0) is 4.79 Å². The highest BCUT2D eigenvalue weighted by molar-refractivity contribution is 5.85. The zero-order valence-corrected chi connectivity index (χ0v) is 17.0. The maximum absolute atomic E-state index is 10.7. The van der Waals surface area contributed by atoms with Gasteiger partial charge in [-0.2, -0.15) is 0 Å². The summed E-state index contributed by atoms with van der Waals surface area (Å²) < 4.78 is 11.9. The Hall–Kier alpha value is -1.97. The predicted molar refractivity (Wildman–Crippen MR) is 112 cm³/mol. The van der Waals surface area contributed by atoms with Crippen molar-refractivity contribution < 1.29 is 19.4 Å². The van der Waals surface area contributed by atoms with Crippen LogP contribution in [0.15, 0.2) is 24.3 Å². The van der Waals surface area contributed by atoms with Crippen LogP contribution in [0.25, 0.3) is 6.08 Å². The normalized spacial score (nSPS) is 11.0. The number of benzene rings is 1. The molecule has 1 aromatic carbocycles. The van der Waals surface area contributed by atoms with Crippen molar-refractivity contribution in [1.82, 2.24) is 0 Å². The van der Waals surface area contributed by atoms with Gasteiger partial charge in [0.2, 0.25) is 0 Å². The molecule has 27 heavy (non-hydrogen) atoms. The standard InChI is InChI=1S/C23H36O4/c1-3-5-7-9-11-17-26-21-15-13-20(14-16-23(24)25)19-22(21)27-18-12-10-8-6-4-2/h13-16,19H,3-12,17-18H2,1-2H3,(H,24,25)/b16-14+. The SMILES string of the molecule is CCCCCCCOc1ccc(/C=C/C(=O)O)cc1OCCCCCCC. The van der Waals surface area contributed by atoms with Crippen molar-refractivity contribution in [3.05, 3.63) is 29.8 Å². The average Bonchev–Trinajstić information content (AvgIpc) is 2.66. The van der Waals surface area contributed by atoms with E-state index in [0.717, 1.165) is 30.2 Å². The maximum Gasteiger partial charge on any atom is 0.328 e. The molecule has 1 rings (SSSR count). The van der Waals surface area contributed by atoms with Gasteiger partial charge in [-0.25, -0.2) is 4.79 Å². The lowest BCUT2D eigenvalue weighted by molar-refractivity contribution is -0.131. The molecule has 0 heterocycles. The molecule has 0 saturated carbocycles. The van der Waals surface area contributed by atoms with Gasteiger partial charge in [0.25, 0.3) is 0 Å². The Morgan fingerprint density at radius 2 is 1.41 bits per heavy atom. The average molecular weight is 377 g/mol. The van der Waals surface area contributed by atoms with Crippen LogP contribution in [-0.4, -0.2) is 24.3 Å². The van der Waals surface area contributed by atoms with Crippen LogP contribution >= 0.6 is 0 Å². The smallest absolute Gasteiger partial charge is 0.328 e. The molecule has 0 bridgehead atoms. The number of rotatable bonds is 16. The highest BCUT2D eigenvalue weighted by Gasteiger charge is 2.07. The fourth-order valence-corrected chi connectivity index (χ4v) is 2.80. The van der Waals surface area contributed by atoms with E-state index in [-0.39, 0.29) is 0 Å². The molecule has 152 valence electrons. The van der Waals surface area contributed by atoms with Gasteiger partial charge in [-0.3, -0.25) is 0 Å². The third-order valence-corrected chi connectivity index (χ3v) is 4.40. The van der Waals surface area contributed by atoms with Gasteiger partial charge < -0.3 is 14.6 Å². The lowest BCUT2D eigenvalue weighted by Crippen LogP contribution is -2.03. The second-order valence-electron chi connectivity index (χ2n) is 6.90. The van der Waals surface area contributed by atoms with Crippen molar-refractivity contribution in [3.8, 4) is 11.5 Å². The first-order valence-electron chi connectivity index (χ1n) is 10.5. The largest absolute Gasteiger partial charge is 0.490 e. The van der Waals surface area contributed by atoms with E-state index in [9.17, 15) is 4.79 Å². The third-order valence-electron chi connectivity index (χ3n) is 4.40. The molecule has 4 heteroatoms. The summed E-state index contributed by atoms with van der Waals surface area (Å²) >= 11 is 0. The minimum atomic E-state index is -0.958. The maximum atomic E-state index is 10.7. The predicted octanol–water partition coefficient (Wildman–Crippen LogP) is 6.48. The Kier molecular flexibility index (Phi) is 12.9. The molecule has 0 aromatic heterocycles. The van der Waals surface area contributed by atoms with Crippen molar-refractivity contribution >= 4 is 12.0 Å². The van der Waals surface area contributed by atoms with Crippen molar-refractivity contribution in [2.75, 3.05) is 13.2 Å².